The number of rotatable bonds is 1. The summed E-state index contributed by atoms with van der Waals surface area (Å²) < 4.78 is 10.5. The van der Waals surface area contributed by atoms with E-state index in [1.54, 1.807) is 18.3 Å². The fraction of sp³-hybridized carbons (Fsp3) is 0.0909. The molecule has 2 heterocycles. The fourth-order valence-corrected chi connectivity index (χ4v) is 1.94. The average molecular weight is 250 g/mol. The Bertz CT molecular complexity index is 589. The lowest BCUT2D eigenvalue weighted by Crippen LogP contribution is -1.96. The molecule has 0 saturated carbocycles. The lowest BCUT2D eigenvalue weighted by Gasteiger charge is -2.06. The van der Waals surface area contributed by atoms with Crippen LogP contribution in [0.15, 0.2) is 24.5 Å². The van der Waals surface area contributed by atoms with Crippen LogP contribution in [-0.4, -0.2) is 16.8 Å². The van der Waals surface area contributed by atoms with Gasteiger partial charge in [-0.1, -0.05) is 11.6 Å². The van der Waals surface area contributed by atoms with Gasteiger partial charge in [0.25, 0.3) is 0 Å². The number of halogens is 1. The Morgan fingerprint density at radius 2 is 2.00 bits per heavy atom. The Balaban J connectivity index is 2.17. The maximum absolute atomic E-state index is 6.08. The van der Waals surface area contributed by atoms with Gasteiger partial charge in [0.2, 0.25) is 6.79 Å². The van der Waals surface area contributed by atoms with Gasteiger partial charge in [-0.05, 0) is 12.1 Å². The molecule has 6 heteroatoms. The number of anilines is 1. The highest BCUT2D eigenvalue weighted by atomic mass is 35.5. The van der Waals surface area contributed by atoms with Crippen molar-refractivity contribution in [3.05, 3.63) is 29.5 Å². The molecule has 1 aliphatic heterocycles. The van der Waals surface area contributed by atoms with Crippen molar-refractivity contribution in [3.63, 3.8) is 0 Å². The van der Waals surface area contributed by atoms with Gasteiger partial charge < -0.3 is 15.2 Å². The molecule has 2 N–H and O–H groups in total. The summed E-state index contributed by atoms with van der Waals surface area (Å²) in [7, 11) is 0. The second-order valence-corrected chi connectivity index (χ2v) is 3.89. The SMILES string of the molecule is Nc1nccnc1-c1cc(Cl)c2c(c1)OCO2. The van der Waals surface area contributed by atoms with E-state index in [-0.39, 0.29) is 6.79 Å². The quantitative estimate of drug-likeness (QED) is 0.838. The molecule has 0 bridgehead atoms. The van der Waals surface area contributed by atoms with E-state index < -0.39 is 0 Å². The monoisotopic (exact) mass is 249 g/mol. The number of aromatic nitrogens is 2. The summed E-state index contributed by atoms with van der Waals surface area (Å²) in [6.45, 7) is 0.175. The molecular formula is C11H8ClN3O2. The zero-order chi connectivity index (χ0) is 11.8. The lowest BCUT2D eigenvalue weighted by molar-refractivity contribution is 0.174. The Labute approximate surface area is 102 Å². The Morgan fingerprint density at radius 1 is 1.18 bits per heavy atom. The minimum atomic E-state index is 0.175. The van der Waals surface area contributed by atoms with Crippen LogP contribution in [0.5, 0.6) is 11.5 Å². The van der Waals surface area contributed by atoms with E-state index in [9.17, 15) is 0 Å². The molecule has 0 atom stereocenters. The Kier molecular flexibility index (Phi) is 2.26. The molecule has 0 spiro atoms. The normalized spacial score (nSPS) is 12.8. The summed E-state index contributed by atoms with van der Waals surface area (Å²) in [5.41, 5.74) is 7.09. The molecule has 0 unspecified atom stereocenters. The number of hydrogen-bond acceptors (Lipinski definition) is 5. The fourth-order valence-electron chi connectivity index (χ4n) is 1.68. The maximum atomic E-state index is 6.08. The molecule has 0 radical (unpaired) electrons. The molecule has 5 nitrogen and oxygen atoms in total. The van der Waals surface area contributed by atoms with Gasteiger partial charge in [0.15, 0.2) is 11.5 Å². The van der Waals surface area contributed by atoms with Crippen LogP contribution in [0.1, 0.15) is 0 Å². The van der Waals surface area contributed by atoms with Crippen molar-refractivity contribution in [3.8, 4) is 22.8 Å². The molecule has 17 heavy (non-hydrogen) atoms. The third kappa shape index (κ3) is 1.64. The van der Waals surface area contributed by atoms with Crippen LogP contribution >= 0.6 is 11.6 Å². The number of benzene rings is 1. The number of nitrogens with zero attached hydrogens (tertiary/aromatic N) is 2. The summed E-state index contributed by atoms with van der Waals surface area (Å²) in [5, 5.41) is 0.472. The van der Waals surface area contributed by atoms with Gasteiger partial charge in [-0.2, -0.15) is 0 Å². The summed E-state index contributed by atoms with van der Waals surface area (Å²) in [6.07, 6.45) is 3.11. The van der Waals surface area contributed by atoms with Crippen LogP contribution < -0.4 is 15.2 Å². The maximum Gasteiger partial charge on any atom is 0.231 e. The van der Waals surface area contributed by atoms with Crippen LogP contribution in [0.4, 0.5) is 5.82 Å². The van der Waals surface area contributed by atoms with E-state index in [0.29, 0.717) is 28.0 Å². The van der Waals surface area contributed by atoms with Crippen molar-refractivity contribution < 1.29 is 9.47 Å². The van der Waals surface area contributed by atoms with Gasteiger partial charge in [0.05, 0.1) is 5.02 Å². The zero-order valence-corrected chi connectivity index (χ0v) is 9.44. The molecule has 2 aromatic rings. The summed E-state index contributed by atoms with van der Waals surface area (Å²) in [4.78, 5) is 8.15. The van der Waals surface area contributed by atoms with Gasteiger partial charge in [0.1, 0.15) is 11.5 Å². The number of nitrogen functional groups attached to an aromatic ring is 1. The van der Waals surface area contributed by atoms with Crippen molar-refractivity contribution in [2.45, 2.75) is 0 Å². The van der Waals surface area contributed by atoms with Crippen LogP contribution in [0, 0.1) is 0 Å². The number of ether oxygens (including phenoxy) is 2. The summed E-state index contributed by atoms with van der Waals surface area (Å²) in [6, 6.07) is 3.52. The Morgan fingerprint density at radius 3 is 2.82 bits per heavy atom. The molecule has 1 aromatic carbocycles. The standard InChI is InChI=1S/C11H8ClN3O2/c12-7-3-6(4-8-10(7)17-5-16-8)9-11(13)15-2-1-14-9/h1-4H,5H2,(H2,13,15). The van der Waals surface area contributed by atoms with Crippen LogP contribution in [-0.2, 0) is 0 Å². The van der Waals surface area contributed by atoms with Crippen LogP contribution in [0.25, 0.3) is 11.3 Å². The van der Waals surface area contributed by atoms with Crippen molar-refractivity contribution >= 4 is 17.4 Å². The first-order chi connectivity index (χ1) is 8.25. The third-order valence-corrected chi connectivity index (χ3v) is 2.71. The first-order valence-corrected chi connectivity index (χ1v) is 5.29. The Hall–Kier alpha value is -2.01. The zero-order valence-electron chi connectivity index (χ0n) is 8.68. The van der Waals surface area contributed by atoms with Gasteiger partial charge in [-0.25, -0.2) is 4.98 Å². The first kappa shape index (κ1) is 10.2. The number of fused-ring (bicyclic) bond motifs is 1. The van der Waals surface area contributed by atoms with Gasteiger partial charge >= 0.3 is 0 Å². The van der Waals surface area contributed by atoms with E-state index >= 15 is 0 Å². The highest BCUT2D eigenvalue weighted by molar-refractivity contribution is 6.32. The summed E-state index contributed by atoms with van der Waals surface area (Å²) in [5.74, 6) is 1.50. The second kappa shape index (κ2) is 3.78. The van der Waals surface area contributed by atoms with E-state index in [1.165, 1.54) is 6.20 Å². The van der Waals surface area contributed by atoms with Crippen molar-refractivity contribution in [1.82, 2.24) is 9.97 Å². The predicted octanol–water partition coefficient (Wildman–Crippen LogP) is 2.11. The highest BCUT2D eigenvalue weighted by Crippen LogP contribution is 2.42. The lowest BCUT2D eigenvalue weighted by atomic mass is 10.1. The van der Waals surface area contributed by atoms with E-state index in [2.05, 4.69) is 9.97 Å². The topological polar surface area (TPSA) is 70.3 Å². The van der Waals surface area contributed by atoms with Gasteiger partial charge in [0, 0.05) is 18.0 Å². The van der Waals surface area contributed by atoms with Crippen molar-refractivity contribution in [2.75, 3.05) is 12.5 Å². The molecular weight excluding hydrogens is 242 g/mol. The largest absolute Gasteiger partial charge is 0.454 e. The predicted molar refractivity (Wildman–Crippen MR) is 63.0 cm³/mol. The molecule has 0 amide bonds. The molecule has 0 fully saturated rings. The van der Waals surface area contributed by atoms with Gasteiger partial charge in [-0.3, -0.25) is 4.98 Å². The van der Waals surface area contributed by atoms with Crippen LogP contribution in [0.3, 0.4) is 0 Å². The van der Waals surface area contributed by atoms with E-state index in [4.69, 9.17) is 26.8 Å². The van der Waals surface area contributed by atoms with E-state index in [0.717, 1.165) is 5.56 Å². The number of nitrogens with two attached hydrogens (primary N) is 1. The second-order valence-electron chi connectivity index (χ2n) is 3.48. The average Bonchev–Trinajstić information content (AvgIpc) is 2.78. The molecule has 3 rings (SSSR count). The molecule has 0 aliphatic carbocycles. The van der Waals surface area contributed by atoms with Crippen molar-refractivity contribution in [2.24, 2.45) is 0 Å². The third-order valence-electron chi connectivity index (χ3n) is 2.43. The number of hydrogen-bond donors (Lipinski definition) is 1. The summed E-state index contributed by atoms with van der Waals surface area (Å²) >= 11 is 6.08. The molecule has 1 aliphatic rings. The highest BCUT2D eigenvalue weighted by Gasteiger charge is 2.19. The van der Waals surface area contributed by atoms with Gasteiger partial charge in [-0.15, -0.1) is 0 Å². The molecule has 86 valence electrons. The minimum Gasteiger partial charge on any atom is -0.454 e. The van der Waals surface area contributed by atoms with Crippen LogP contribution in [0.2, 0.25) is 5.02 Å². The van der Waals surface area contributed by atoms with Crippen molar-refractivity contribution in [1.29, 1.82) is 0 Å². The molecule has 0 saturated heterocycles. The molecule has 1 aromatic heterocycles. The van der Waals surface area contributed by atoms with E-state index in [1.807, 2.05) is 0 Å². The first-order valence-electron chi connectivity index (χ1n) is 4.91. The smallest absolute Gasteiger partial charge is 0.231 e. The minimum absolute atomic E-state index is 0.175.